The van der Waals surface area contributed by atoms with Crippen LogP contribution in [-0.2, 0) is 4.74 Å². The van der Waals surface area contributed by atoms with Crippen LogP contribution in [0.1, 0.15) is 19.6 Å². The van der Waals surface area contributed by atoms with E-state index in [0.29, 0.717) is 12.4 Å². The first kappa shape index (κ1) is 14.7. The molecule has 1 fully saturated rings. The zero-order valence-corrected chi connectivity index (χ0v) is 12.6. The highest BCUT2D eigenvalue weighted by molar-refractivity contribution is 14.1. The number of nitrogens with zero attached hydrogens (tertiary/aromatic N) is 2. The Balaban J connectivity index is 2.27. The third-order valence-corrected chi connectivity index (χ3v) is 3.73. The Morgan fingerprint density at radius 1 is 1.68 bits per heavy atom. The van der Waals surface area contributed by atoms with Gasteiger partial charge in [0, 0.05) is 19.2 Å². The standard InChI is InChI=1S/C11H16IN3O4/c1-2-13-10-6(12)4-15(11(18)14-10)9-3-7(17)8(5-16)19-9/h4,7-9,16-17H,2-3,5H2,1H3,(H,13,14,18). The molecule has 0 amide bonds. The number of hydrogen-bond donors (Lipinski definition) is 3. The number of aliphatic hydroxyl groups excluding tert-OH is 2. The third-order valence-electron chi connectivity index (χ3n) is 2.95. The van der Waals surface area contributed by atoms with Gasteiger partial charge in [-0.25, -0.2) is 4.79 Å². The molecule has 1 aromatic heterocycles. The van der Waals surface area contributed by atoms with E-state index in [-0.39, 0.29) is 13.0 Å². The fraction of sp³-hybridized carbons (Fsp3) is 0.636. The predicted octanol–water partition coefficient (Wildman–Crippen LogP) is -0.0796. The van der Waals surface area contributed by atoms with Crippen LogP contribution < -0.4 is 11.0 Å². The molecule has 106 valence electrons. The summed E-state index contributed by atoms with van der Waals surface area (Å²) in [6.45, 7) is 2.33. The maximum absolute atomic E-state index is 11.9. The van der Waals surface area contributed by atoms with Crippen LogP contribution in [0.5, 0.6) is 0 Å². The van der Waals surface area contributed by atoms with Gasteiger partial charge in [-0.05, 0) is 29.5 Å². The summed E-state index contributed by atoms with van der Waals surface area (Å²) in [5, 5.41) is 21.7. The Morgan fingerprint density at radius 2 is 2.42 bits per heavy atom. The first-order valence-corrected chi connectivity index (χ1v) is 7.11. The molecule has 8 heteroatoms. The number of aliphatic hydroxyl groups is 2. The van der Waals surface area contributed by atoms with Crippen molar-refractivity contribution in [3.63, 3.8) is 0 Å². The second-order valence-electron chi connectivity index (χ2n) is 4.27. The highest BCUT2D eigenvalue weighted by atomic mass is 127. The third kappa shape index (κ3) is 3.07. The largest absolute Gasteiger partial charge is 0.394 e. The van der Waals surface area contributed by atoms with Crippen molar-refractivity contribution in [3.8, 4) is 0 Å². The lowest BCUT2D eigenvalue weighted by Crippen LogP contribution is -2.29. The van der Waals surface area contributed by atoms with Crippen molar-refractivity contribution in [2.24, 2.45) is 0 Å². The molecular formula is C11H16IN3O4. The van der Waals surface area contributed by atoms with Crippen molar-refractivity contribution in [1.82, 2.24) is 9.55 Å². The number of halogens is 1. The fourth-order valence-electron chi connectivity index (χ4n) is 1.99. The van der Waals surface area contributed by atoms with E-state index in [1.165, 1.54) is 4.57 Å². The van der Waals surface area contributed by atoms with E-state index < -0.39 is 24.1 Å². The van der Waals surface area contributed by atoms with E-state index in [1.54, 1.807) is 6.20 Å². The monoisotopic (exact) mass is 381 g/mol. The lowest BCUT2D eigenvalue weighted by Gasteiger charge is -2.15. The normalized spacial score (nSPS) is 26.6. The summed E-state index contributed by atoms with van der Waals surface area (Å²) in [6.07, 6.45) is -0.0959. The predicted molar refractivity (Wildman–Crippen MR) is 77.0 cm³/mol. The molecule has 0 spiro atoms. The van der Waals surface area contributed by atoms with Gasteiger partial charge in [0.25, 0.3) is 0 Å². The topological polar surface area (TPSA) is 96.6 Å². The first-order valence-electron chi connectivity index (χ1n) is 6.03. The maximum Gasteiger partial charge on any atom is 0.351 e. The molecule has 3 atom stereocenters. The molecule has 2 rings (SSSR count). The van der Waals surface area contributed by atoms with Gasteiger partial charge < -0.3 is 20.3 Å². The summed E-state index contributed by atoms with van der Waals surface area (Å²) in [6, 6.07) is 0. The Morgan fingerprint density at radius 3 is 3.00 bits per heavy atom. The lowest BCUT2D eigenvalue weighted by molar-refractivity contribution is -0.0459. The van der Waals surface area contributed by atoms with Crippen LogP contribution in [0, 0.1) is 3.57 Å². The Kier molecular flexibility index (Phi) is 4.76. The zero-order chi connectivity index (χ0) is 14.0. The molecule has 0 bridgehead atoms. The van der Waals surface area contributed by atoms with Crippen LogP contribution in [0.4, 0.5) is 5.82 Å². The van der Waals surface area contributed by atoms with Gasteiger partial charge in [-0.15, -0.1) is 0 Å². The number of rotatable bonds is 4. The molecule has 3 unspecified atom stereocenters. The van der Waals surface area contributed by atoms with Crippen molar-refractivity contribution in [2.75, 3.05) is 18.5 Å². The van der Waals surface area contributed by atoms with Crippen molar-refractivity contribution >= 4 is 28.4 Å². The van der Waals surface area contributed by atoms with Gasteiger partial charge in [0.15, 0.2) is 0 Å². The smallest absolute Gasteiger partial charge is 0.351 e. The van der Waals surface area contributed by atoms with Gasteiger partial charge in [0.1, 0.15) is 18.1 Å². The summed E-state index contributed by atoms with van der Waals surface area (Å²) < 4.78 is 7.59. The molecule has 2 heterocycles. The Hall–Kier alpha value is -0.710. The Labute approximate surface area is 123 Å². The number of hydrogen-bond acceptors (Lipinski definition) is 6. The number of aromatic nitrogens is 2. The van der Waals surface area contributed by atoms with E-state index >= 15 is 0 Å². The fourth-order valence-corrected chi connectivity index (χ4v) is 2.60. The molecule has 1 aliphatic rings. The molecule has 1 aromatic rings. The zero-order valence-electron chi connectivity index (χ0n) is 10.4. The minimum Gasteiger partial charge on any atom is -0.394 e. The van der Waals surface area contributed by atoms with Crippen molar-refractivity contribution in [3.05, 3.63) is 20.3 Å². The highest BCUT2D eigenvalue weighted by Crippen LogP contribution is 2.28. The minimum atomic E-state index is -0.770. The molecular weight excluding hydrogens is 365 g/mol. The van der Waals surface area contributed by atoms with Crippen LogP contribution >= 0.6 is 22.6 Å². The second kappa shape index (κ2) is 6.16. The average Bonchev–Trinajstić information content (AvgIpc) is 2.75. The number of nitrogens with one attached hydrogen (secondary N) is 1. The molecule has 0 aromatic carbocycles. The van der Waals surface area contributed by atoms with E-state index in [9.17, 15) is 9.90 Å². The molecule has 0 aliphatic carbocycles. The molecule has 1 saturated heterocycles. The van der Waals surface area contributed by atoms with Gasteiger partial charge in [-0.3, -0.25) is 4.57 Å². The highest BCUT2D eigenvalue weighted by Gasteiger charge is 2.35. The summed E-state index contributed by atoms with van der Waals surface area (Å²) in [4.78, 5) is 15.9. The van der Waals surface area contributed by atoms with Gasteiger partial charge in [0.05, 0.1) is 16.3 Å². The van der Waals surface area contributed by atoms with Crippen LogP contribution in [0.25, 0.3) is 0 Å². The summed E-state index contributed by atoms with van der Waals surface area (Å²) in [5.74, 6) is 0.543. The van der Waals surface area contributed by atoms with Gasteiger partial charge in [-0.2, -0.15) is 4.98 Å². The molecule has 1 aliphatic heterocycles. The Bertz CT molecular complexity index is 507. The SMILES string of the molecule is CCNc1nc(=O)n(C2CC(O)C(CO)O2)cc1I. The first-order chi connectivity index (χ1) is 9.06. The molecule has 3 N–H and O–H groups in total. The average molecular weight is 381 g/mol. The van der Waals surface area contributed by atoms with E-state index in [2.05, 4.69) is 32.9 Å². The van der Waals surface area contributed by atoms with Gasteiger partial charge in [0.2, 0.25) is 0 Å². The summed E-state index contributed by atoms with van der Waals surface area (Å²) >= 11 is 2.08. The van der Waals surface area contributed by atoms with Gasteiger partial charge in [-0.1, -0.05) is 0 Å². The second-order valence-corrected chi connectivity index (χ2v) is 5.43. The minimum absolute atomic E-state index is 0.267. The molecule has 19 heavy (non-hydrogen) atoms. The number of ether oxygens (including phenoxy) is 1. The van der Waals surface area contributed by atoms with Crippen LogP contribution in [0.3, 0.4) is 0 Å². The molecule has 0 radical (unpaired) electrons. The van der Waals surface area contributed by atoms with Crippen molar-refractivity contribution in [2.45, 2.75) is 31.8 Å². The molecule has 0 saturated carbocycles. The number of anilines is 1. The quantitative estimate of drug-likeness (QED) is 0.632. The summed E-state index contributed by atoms with van der Waals surface area (Å²) in [5.41, 5.74) is -0.438. The summed E-state index contributed by atoms with van der Waals surface area (Å²) in [7, 11) is 0. The van der Waals surface area contributed by atoms with E-state index in [0.717, 1.165) is 3.57 Å². The van der Waals surface area contributed by atoms with Crippen LogP contribution in [0.2, 0.25) is 0 Å². The lowest BCUT2D eigenvalue weighted by atomic mass is 10.2. The van der Waals surface area contributed by atoms with E-state index in [4.69, 9.17) is 9.84 Å². The van der Waals surface area contributed by atoms with Crippen molar-refractivity contribution in [1.29, 1.82) is 0 Å². The van der Waals surface area contributed by atoms with E-state index in [1.807, 2.05) is 6.92 Å². The van der Waals surface area contributed by atoms with Gasteiger partial charge >= 0.3 is 5.69 Å². The van der Waals surface area contributed by atoms with Crippen molar-refractivity contribution < 1.29 is 14.9 Å². The van der Waals surface area contributed by atoms with Crippen LogP contribution in [0.15, 0.2) is 11.0 Å². The van der Waals surface area contributed by atoms with Crippen LogP contribution in [-0.4, -0.2) is 45.1 Å². The molecule has 7 nitrogen and oxygen atoms in total. The maximum atomic E-state index is 11.9.